The predicted octanol–water partition coefficient (Wildman–Crippen LogP) is 4.09. The molecule has 0 radical (unpaired) electrons. The van der Waals surface area contributed by atoms with Gasteiger partial charge < -0.3 is 10.6 Å². The Hall–Kier alpha value is -3.54. The van der Waals surface area contributed by atoms with Crippen LogP contribution in [0.5, 0.6) is 0 Å². The SMILES string of the molecule is Cc1ccc(NC(=O)c2ccccc2)cc1NC(=O)C1CCc2ncnc(C)c2C1. The summed E-state index contributed by atoms with van der Waals surface area (Å²) in [6.07, 6.45) is 3.78. The zero-order chi connectivity index (χ0) is 21.1. The van der Waals surface area contributed by atoms with Crippen LogP contribution in [0.2, 0.25) is 0 Å². The van der Waals surface area contributed by atoms with Crippen molar-refractivity contribution in [3.8, 4) is 0 Å². The molecule has 0 saturated carbocycles. The fourth-order valence-electron chi connectivity index (χ4n) is 3.78. The number of nitrogens with zero attached hydrogens (tertiary/aromatic N) is 2. The Morgan fingerprint density at radius 1 is 1.00 bits per heavy atom. The van der Waals surface area contributed by atoms with E-state index in [9.17, 15) is 9.59 Å². The molecule has 1 atom stereocenters. The van der Waals surface area contributed by atoms with E-state index < -0.39 is 0 Å². The van der Waals surface area contributed by atoms with Crippen LogP contribution in [0.15, 0.2) is 54.9 Å². The second-order valence-electron chi connectivity index (χ2n) is 7.66. The summed E-state index contributed by atoms with van der Waals surface area (Å²) in [6.45, 7) is 3.90. The van der Waals surface area contributed by atoms with Crippen LogP contribution in [0.1, 0.15) is 39.3 Å². The van der Waals surface area contributed by atoms with Gasteiger partial charge in [-0.05, 0) is 68.5 Å². The van der Waals surface area contributed by atoms with E-state index in [0.29, 0.717) is 23.4 Å². The standard InChI is InChI=1S/C24H24N4O2/c1-15-8-10-19(27-23(29)17-6-4-3-5-7-17)13-22(15)28-24(30)18-9-11-21-20(12-18)16(2)25-14-26-21/h3-8,10,13-14,18H,9,11-12H2,1-2H3,(H,27,29)(H,28,30). The monoisotopic (exact) mass is 400 g/mol. The predicted molar refractivity (Wildman–Crippen MR) is 116 cm³/mol. The Kier molecular flexibility index (Phi) is 5.57. The molecule has 0 fully saturated rings. The average Bonchev–Trinajstić information content (AvgIpc) is 2.76. The van der Waals surface area contributed by atoms with Gasteiger partial charge in [0.25, 0.3) is 5.91 Å². The van der Waals surface area contributed by atoms with Crippen molar-refractivity contribution in [3.05, 3.63) is 82.9 Å². The number of fused-ring (bicyclic) bond motifs is 1. The van der Waals surface area contributed by atoms with Gasteiger partial charge in [-0.3, -0.25) is 9.59 Å². The Labute approximate surface area is 175 Å². The summed E-state index contributed by atoms with van der Waals surface area (Å²) in [5.41, 5.74) is 5.96. The van der Waals surface area contributed by atoms with Crippen LogP contribution in [-0.2, 0) is 17.6 Å². The lowest BCUT2D eigenvalue weighted by Gasteiger charge is -2.24. The van der Waals surface area contributed by atoms with E-state index in [1.54, 1.807) is 24.5 Å². The lowest BCUT2D eigenvalue weighted by atomic mass is 9.85. The van der Waals surface area contributed by atoms with Gasteiger partial charge in [-0.15, -0.1) is 0 Å². The van der Waals surface area contributed by atoms with Crippen molar-refractivity contribution in [2.45, 2.75) is 33.1 Å². The molecule has 0 aliphatic heterocycles. The first kappa shape index (κ1) is 19.8. The summed E-state index contributed by atoms with van der Waals surface area (Å²) in [4.78, 5) is 34.0. The molecule has 0 bridgehead atoms. The van der Waals surface area contributed by atoms with Crippen molar-refractivity contribution in [2.75, 3.05) is 10.6 Å². The van der Waals surface area contributed by atoms with E-state index in [-0.39, 0.29) is 17.7 Å². The summed E-state index contributed by atoms with van der Waals surface area (Å²) in [6, 6.07) is 14.6. The number of benzene rings is 2. The summed E-state index contributed by atoms with van der Waals surface area (Å²) in [7, 11) is 0. The number of hydrogen-bond donors (Lipinski definition) is 2. The molecule has 1 heterocycles. The molecular weight excluding hydrogens is 376 g/mol. The van der Waals surface area contributed by atoms with Crippen LogP contribution < -0.4 is 10.6 Å². The van der Waals surface area contributed by atoms with Gasteiger partial charge in [0.1, 0.15) is 6.33 Å². The first-order valence-electron chi connectivity index (χ1n) is 10.1. The molecule has 2 amide bonds. The minimum absolute atomic E-state index is 0.0152. The molecule has 6 heteroatoms. The van der Waals surface area contributed by atoms with E-state index in [1.165, 1.54) is 0 Å². The molecule has 1 aromatic heterocycles. The van der Waals surface area contributed by atoms with Gasteiger partial charge in [-0.1, -0.05) is 24.3 Å². The summed E-state index contributed by atoms with van der Waals surface area (Å²) in [5, 5.41) is 5.94. The lowest BCUT2D eigenvalue weighted by molar-refractivity contribution is -0.120. The van der Waals surface area contributed by atoms with Gasteiger partial charge in [0.2, 0.25) is 5.91 Å². The number of carbonyl (C=O) groups excluding carboxylic acids is 2. The number of amides is 2. The van der Waals surface area contributed by atoms with Crippen molar-refractivity contribution in [1.82, 2.24) is 9.97 Å². The second-order valence-corrected chi connectivity index (χ2v) is 7.66. The molecule has 4 rings (SSSR count). The zero-order valence-corrected chi connectivity index (χ0v) is 17.1. The van der Waals surface area contributed by atoms with E-state index in [2.05, 4.69) is 20.6 Å². The molecule has 30 heavy (non-hydrogen) atoms. The molecule has 2 N–H and O–H groups in total. The zero-order valence-electron chi connectivity index (χ0n) is 17.1. The molecular formula is C24H24N4O2. The van der Waals surface area contributed by atoms with Crippen LogP contribution in [0.3, 0.4) is 0 Å². The number of aromatic nitrogens is 2. The van der Waals surface area contributed by atoms with Gasteiger partial charge in [0.05, 0.1) is 0 Å². The van der Waals surface area contributed by atoms with E-state index in [1.807, 2.05) is 44.2 Å². The van der Waals surface area contributed by atoms with Crippen LogP contribution in [-0.4, -0.2) is 21.8 Å². The molecule has 1 aliphatic rings. The highest BCUT2D eigenvalue weighted by atomic mass is 16.2. The highest BCUT2D eigenvalue weighted by molar-refractivity contribution is 6.04. The minimum Gasteiger partial charge on any atom is -0.326 e. The lowest BCUT2D eigenvalue weighted by Crippen LogP contribution is -2.29. The van der Waals surface area contributed by atoms with E-state index in [4.69, 9.17) is 0 Å². The molecule has 152 valence electrons. The summed E-state index contributed by atoms with van der Waals surface area (Å²) in [5.74, 6) is -0.321. The smallest absolute Gasteiger partial charge is 0.255 e. The first-order chi connectivity index (χ1) is 14.5. The minimum atomic E-state index is -0.184. The van der Waals surface area contributed by atoms with Crippen molar-refractivity contribution in [1.29, 1.82) is 0 Å². The normalized spacial score (nSPS) is 15.2. The molecule has 0 saturated heterocycles. The number of hydrogen-bond acceptors (Lipinski definition) is 4. The fourth-order valence-corrected chi connectivity index (χ4v) is 3.78. The van der Waals surface area contributed by atoms with Crippen molar-refractivity contribution < 1.29 is 9.59 Å². The maximum Gasteiger partial charge on any atom is 0.255 e. The van der Waals surface area contributed by atoms with Crippen molar-refractivity contribution >= 4 is 23.2 Å². The molecule has 6 nitrogen and oxygen atoms in total. The quantitative estimate of drug-likeness (QED) is 0.691. The van der Waals surface area contributed by atoms with Crippen LogP contribution in [0, 0.1) is 19.8 Å². The summed E-state index contributed by atoms with van der Waals surface area (Å²) < 4.78 is 0. The van der Waals surface area contributed by atoms with E-state index >= 15 is 0 Å². The highest BCUT2D eigenvalue weighted by Gasteiger charge is 2.27. The number of anilines is 2. The van der Waals surface area contributed by atoms with Crippen molar-refractivity contribution in [2.24, 2.45) is 5.92 Å². The van der Waals surface area contributed by atoms with Crippen LogP contribution in [0.25, 0.3) is 0 Å². The van der Waals surface area contributed by atoms with Gasteiger partial charge in [0.15, 0.2) is 0 Å². The Balaban J connectivity index is 1.47. The first-order valence-corrected chi connectivity index (χ1v) is 10.1. The fraction of sp³-hybridized carbons (Fsp3) is 0.250. The maximum atomic E-state index is 13.0. The van der Waals surface area contributed by atoms with Crippen molar-refractivity contribution in [3.63, 3.8) is 0 Å². The van der Waals surface area contributed by atoms with Gasteiger partial charge in [0, 0.05) is 34.2 Å². The Morgan fingerprint density at radius 2 is 1.80 bits per heavy atom. The Bertz CT molecular complexity index is 1100. The second kappa shape index (κ2) is 8.45. The number of aryl methyl sites for hydroxylation is 3. The van der Waals surface area contributed by atoms with E-state index in [0.717, 1.165) is 35.4 Å². The number of carbonyl (C=O) groups is 2. The molecule has 1 aliphatic carbocycles. The Morgan fingerprint density at radius 3 is 2.60 bits per heavy atom. The molecule has 3 aromatic rings. The van der Waals surface area contributed by atoms with Gasteiger partial charge in [-0.25, -0.2) is 9.97 Å². The number of rotatable bonds is 4. The number of nitrogens with one attached hydrogen (secondary N) is 2. The topological polar surface area (TPSA) is 84.0 Å². The third-order valence-corrected chi connectivity index (χ3v) is 5.59. The van der Waals surface area contributed by atoms with Crippen LogP contribution >= 0.6 is 0 Å². The molecule has 1 unspecified atom stereocenters. The summed E-state index contributed by atoms with van der Waals surface area (Å²) >= 11 is 0. The third-order valence-electron chi connectivity index (χ3n) is 5.59. The molecule has 2 aromatic carbocycles. The molecule has 0 spiro atoms. The third kappa shape index (κ3) is 4.22. The van der Waals surface area contributed by atoms with Crippen LogP contribution in [0.4, 0.5) is 11.4 Å². The highest BCUT2D eigenvalue weighted by Crippen LogP contribution is 2.28. The van der Waals surface area contributed by atoms with Gasteiger partial charge >= 0.3 is 0 Å². The average molecular weight is 400 g/mol. The largest absolute Gasteiger partial charge is 0.326 e. The maximum absolute atomic E-state index is 13.0. The van der Waals surface area contributed by atoms with Gasteiger partial charge in [-0.2, -0.15) is 0 Å².